The second-order valence-electron chi connectivity index (χ2n) is 12.1. The summed E-state index contributed by atoms with van der Waals surface area (Å²) in [4.78, 5) is 55.0. The minimum atomic E-state index is -0.370. The maximum Gasteiger partial charge on any atom is 0.280 e. The number of aromatic nitrogens is 5. The molecular weight excluding hydrogens is 647 g/mol. The van der Waals surface area contributed by atoms with Crippen molar-refractivity contribution in [2.24, 2.45) is 11.7 Å². The number of pyridine rings is 2. The van der Waals surface area contributed by atoms with Gasteiger partial charge in [-0.05, 0) is 67.1 Å². The van der Waals surface area contributed by atoms with E-state index in [9.17, 15) is 14.4 Å². The number of nitrogens with two attached hydrogens (primary N) is 1. The van der Waals surface area contributed by atoms with Crippen LogP contribution in [0.2, 0.25) is 0 Å². The van der Waals surface area contributed by atoms with Crippen LogP contribution in [0.4, 0.5) is 10.9 Å². The van der Waals surface area contributed by atoms with Gasteiger partial charge in [0.15, 0.2) is 5.13 Å². The highest BCUT2D eigenvalue weighted by molar-refractivity contribution is 7.97. The lowest BCUT2D eigenvalue weighted by Gasteiger charge is -2.31. The Kier molecular flexibility index (Phi) is 10.0. The molecule has 0 fully saturated rings. The van der Waals surface area contributed by atoms with Gasteiger partial charge in [0, 0.05) is 60.4 Å². The van der Waals surface area contributed by atoms with Crippen LogP contribution in [0.15, 0.2) is 54.9 Å². The molecule has 4 aromatic heterocycles. The molecule has 0 radical (unpaired) electrons. The van der Waals surface area contributed by atoms with Crippen LogP contribution in [0, 0.1) is 12.8 Å². The fraction of sp³-hybridized carbons (Fsp3) is 0.324. The van der Waals surface area contributed by atoms with E-state index >= 15 is 0 Å². The van der Waals surface area contributed by atoms with Gasteiger partial charge in [0.05, 0.1) is 6.20 Å². The molecule has 0 atom stereocenters. The molecule has 0 saturated heterocycles. The quantitative estimate of drug-likeness (QED) is 0.116. The highest BCUT2D eigenvalue weighted by Crippen LogP contribution is 2.32. The van der Waals surface area contributed by atoms with Gasteiger partial charge >= 0.3 is 0 Å². The number of benzene rings is 1. The van der Waals surface area contributed by atoms with E-state index in [0.717, 1.165) is 39.3 Å². The molecule has 4 N–H and O–H groups in total. The lowest BCUT2D eigenvalue weighted by atomic mass is 9.94. The van der Waals surface area contributed by atoms with Gasteiger partial charge in [0.25, 0.3) is 11.8 Å². The first-order chi connectivity index (χ1) is 23.2. The van der Waals surface area contributed by atoms with Crippen LogP contribution >= 0.6 is 23.3 Å². The van der Waals surface area contributed by atoms with E-state index in [1.165, 1.54) is 23.3 Å². The van der Waals surface area contributed by atoms with E-state index in [1.807, 2.05) is 54.1 Å². The summed E-state index contributed by atoms with van der Waals surface area (Å²) in [5, 5.41) is 8.05. The van der Waals surface area contributed by atoms with Gasteiger partial charge in [-0.3, -0.25) is 29.1 Å². The number of nitrogens with one attached hydrogen (secondary N) is 2. The Labute approximate surface area is 286 Å². The Morgan fingerprint density at radius 2 is 1.92 bits per heavy atom. The van der Waals surface area contributed by atoms with Gasteiger partial charge < -0.3 is 10.6 Å². The third kappa shape index (κ3) is 7.34. The number of rotatable bonds is 12. The summed E-state index contributed by atoms with van der Waals surface area (Å²) in [7, 11) is 0. The molecule has 14 heteroatoms. The monoisotopic (exact) mass is 683 g/mol. The molecule has 0 spiro atoms. The first-order valence-electron chi connectivity index (χ1n) is 15.8. The summed E-state index contributed by atoms with van der Waals surface area (Å²) in [5.74, 6) is 0.631. The molecule has 1 aliphatic heterocycles. The Bertz CT molecular complexity index is 1950. The second-order valence-corrected chi connectivity index (χ2v) is 13.9. The maximum absolute atomic E-state index is 13.7. The van der Waals surface area contributed by atoms with Gasteiger partial charge in [-0.25, -0.2) is 15.0 Å². The minimum absolute atomic E-state index is 0.238. The van der Waals surface area contributed by atoms with Crippen molar-refractivity contribution < 1.29 is 14.4 Å². The zero-order chi connectivity index (χ0) is 33.8. The van der Waals surface area contributed by atoms with E-state index in [0.29, 0.717) is 59.7 Å². The van der Waals surface area contributed by atoms with Gasteiger partial charge in [-0.2, -0.15) is 5.10 Å². The summed E-state index contributed by atoms with van der Waals surface area (Å²) in [6, 6.07) is 13.3. The van der Waals surface area contributed by atoms with E-state index in [-0.39, 0.29) is 29.8 Å². The minimum Gasteiger partial charge on any atom is -0.370 e. The molecular formula is C34H37N9O3S2. The number of nitrogens with zero attached hydrogens (tertiary/aromatic N) is 6. The molecule has 6 rings (SSSR count). The SMILES string of the molecule is Cc1c(-c2ccc(N3CCc4cccc(C(=O)Nc5nc6cccnc6s5)c4C3)nc2C(=O)NSCCCC(N)=O)cnn1CC(C)C. The van der Waals surface area contributed by atoms with Crippen molar-refractivity contribution >= 4 is 62.3 Å². The lowest BCUT2D eigenvalue weighted by molar-refractivity contribution is -0.118. The molecule has 3 amide bonds. The number of fused-ring (bicyclic) bond motifs is 2. The van der Waals surface area contributed by atoms with Crippen molar-refractivity contribution in [3.8, 4) is 11.1 Å². The zero-order valence-electron chi connectivity index (χ0n) is 27.0. The summed E-state index contributed by atoms with van der Waals surface area (Å²) in [6.45, 7) is 8.14. The fourth-order valence-electron chi connectivity index (χ4n) is 5.72. The first-order valence-corrected chi connectivity index (χ1v) is 17.6. The van der Waals surface area contributed by atoms with Crippen molar-refractivity contribution in [3.05, 3.63) is 82.9 Å². The van der Waals surface area contributed by atoms with Crippen LogP contribution < -0.4 is 20.7 Å². The average molecular weight is 684 g/mol. The van der Waals surface area contributed by atoms with Gasteiger partial charge in [0.2, 0.25) is 5.91 Å². The summed E-state index contributed by atoms with van der Waals surface area (Å²) < 4.78 is 4.85. The summed E-state index contributed by atoms with van der Waals surface area (Å²) in [5.41, 5.74) is 11.3. The van der Waals surface area contributed by atoms with Gasteiger partial charge in [0.1, 0.15) is 21.9 Å². The van der Waals surface area contributed by atoms with Gasteiger partial charge in [-0.15, -0.1) is 0 Å². The van der Waals surface area contributed by atoms with Crippen molar-refractivity contribution in [2.45, 2.75) is 53.1 Å². The van der Waals surface area contributed by atoms with E-state index < -0.39 is 0 Å². The number of hydrogen-bond donors (Lipinski definition) is 3. The van der Waals surface area contributed by atoms with E-state index in [1.54, 1.807) is 12.4 Å². The number of carbonyl (C=O) groups is 3. The van der Waals surface area contributed by atoms with Crippen LogP contribution in [0.5, 0.6) is 0 Å². The summed E-state index contributed by atoms with van der Waals surface area (Å²) in [6.07, 6.45) is 5.01. The summed E-state index contributed by atoms with van der Waals surface area (Å²) >= 11 is 2.56. The smallest absolute Gasteiger partial charge is 0.280 e. The van der Waals surface area contributed by atoms with Crippen LogP contribution in [0.25, 0.3) is 21.5 Å². The van der Waals surface area contributed by atoms with Crippen LogP contribution in [-0.4, -0.2) is 54.8 Å². The number of thiazole rings is 1. The molecule has 48 heavy (non-hydrogen) atoms. The number of primary amides is 1. The average Bonchev–Trinajstić information content (AvgIpc) is 3.65. The van der Waals surface area contributed by atoms with Crippen molar-refractivity contribution in [1.29, 1.82) is 0 Å². The van der Waals surface area contributed by atoms with Crippen LogP contribution in [-0.2, 0) is 24.3 Å². The van der Waals surface area contributed by atoms with E-state index in [4.69, 9.17) is 10.7 Å². The lowest BCUT2D eigenvalue weighted by Crippen LogP contribution is -2.33. The predicted octanol–water partition coefficient (Wildman–Crippen LogP) is 5.37. The van der Waals surface area contributed by atoms with Crippen LogP contribution in [0.1, 0.15) is 64.4 Å². The zero-order valence-corrected chi connectivity index (χ0v) is 28.7. The molecule has 1 aromatic carbocycles. The third-order valence-electron chi connectivity index (χ3n) is 8.09. The molecule has 0 unspecified atom stereocenters. The predicted molar refractivity (Wildman–Crippen MR) is 190 cm³/mol. The Morgan fingerprint density at radius 3 is 2.71 bits per heavy atom. The molecule has 5 aromatic rings. The molecule has 0 bridgehead atoms. The normalized spacial score (nSPS) is 12.7. The first kappa shape index (κ1) is 33.1. The molecule has 248 valence electrons. The van der Waals surface area contributed by atoms with Crippen molar-refractivity contribution in [2.75, 3.05) is 22.5 Å². The number of amides is 3. The Hall–Kier alpha value is -4.82. The Balaban J connectivity index is 1.27. The second kappa shape index (κ2) is 14.5. The topological polar surface area (TPSA) is 161 Å². The number of anilines is 2. The van der Waals surface area contributed by atoms with Crippen LogP contribution in [0.3, 0.4) is 0 Å². The van der Waals surface area contributed by atoms with Gasteiger partial charge in [-0.1, -0.05) is 49.3 Å². The number of carbonyl (C=O) groups excluding carboxylic acids is 3. The van der Waals surface area contributed by atoms with E-state index in [2.05, 4.69) is 43.9 Å². The highest BCUT2D eigenvalue weighted by Gasteiger charge is 2.26. The van der Waals surface area contributed by atoms with Crippen molar-refractivity contribution in [3.63, 3.8) is 0 Å². The van der Waals surface area contributed by atoms with Crippen molar-refractivity contribution in [1.82, 2.24) is 29.5 Å². The molecule has 0 aliphatic carbocycles. The number of hydrogen-bond acceptors (Lipinski definition) is 10. The highest BCUT2D eigenvalue weighted by atomic mass is 32.2. The maximum atomic E-state index is 13.7. The third-order valence-corrected chi connectivity index (χ3v) is 9.81. The standard InChI is InChI=1S/C34H37N9O3S2/c1-20(2)18-43-21(3)25(17-37-43)23-11-12-29(39-30(23)32(46)41-47-16-6-10-28(35)44)42-15-13-22-7-4-8-24(26(22)19-42)31(45)40-34-38-27-9-5-14-36-33(27)48-34/h4-5,7-9,11-12,14,17,20H,6,10,13,15-16,18-19H2,1-3H3,(H2,35,44)(H,41,46)(H,38,40,45). The molecule has 5 heterocycles. The fourth-order valence-corrected chi connectivity index (χ4v) is 7.14. The molecule has 0 saturated carbocycles. The Morgan fingerprint density at radius 1 is 1.06 bits per heavy atom. The molecule has 1 aliphatic rings. The largest absolute Gasteiger partial charge is 0.370 e. The molecule has 12 nitrogen and oxygen atoms in total.